The van der Waals surface area contributed by atoms with Gasteiger partial charge in [0.2, 0.25) is 0 Å². The van der Waals surface area contributed by atoms with Crippen molar-refractivity contribution in [3.05, 3.63) is 59.7 Å². The number of rotatable bonds is 4. The second-order valence-corrected chi connectivity index (χ2v) is 4.01. The SMILES string of the molecule is O=C(O)Cc1ccccc1Nc1cc(F)cc(F)c1. The highest BCUT2D eigenvalue weighted by Gasteiger charge is 2.07. The van der Waals surface area contributed by atoms with Gasteiger partial charge in [0.25, 0.3) is 0 Å². The Morgan fingerprint density at radius 1 is 1.11 bits per heavy atom. The fourth-order valence-electron chi connectivity index (χ4n) is 1.74. The van der Waals surface area contributed by atoms with Crippen LogP contribution in [0, 0.1) is 11.6 Å². The van der Waals surface area contributed by atoms with E-state index in [4.69, 9.17) is 5.11 Å². The van der Waals surface area contributed by atoms with E-state index in [-0.39, 0.29) is 12.1 Å². The van der Waals surface area contributed by atoms with Gasteiger partial charge < -0.3 is 10.4 Å². The third-order valence-electron chi connectivity index (χ3n) is 2.50. The van der Waals surface area contributed by atoms with E-state index in [1.165, 1.54) is 0 Å². The Balaban J connectivity index is 2.29. The van der Waals surface area contributed by atoms with Crippen LogP contribution in [0.4, 0.5) is 20.2 Å². The highest BCUT2D eigenvalue weighted by molar-refractivity contribution is 5.75. The van der Waals surface area contributed by atoms with Gasteiger partial charge in [-0.15, -0.1) is 0 Å². The van der Waals surface area contributed by atoms with Crippen LogP contribution < -0.4 is 5.32 Å². The molecular formula is C14H11F2NO2. The molecule has 0 heterocycles. The van der Waals surface area contributed by atoms with Crippen LogP contribution in [0.5, 0.6) is 0 Å². The number of halogens is 2. The van der Waals surface area contributed by atoms with E-state index in [0.29, 0.717) is 11.3 Å². The quantitative estimate of drug-likeness (QED) is 0.889. The van der Waals surface area contributed by atoms with Gasteiger partial charge in [-0.1, -0.05) is 18.2 Å². The lowest BCUT2D eigenvalue weighted by molar-refractivity contribution is -0.136. The molecule has 0 aliphatic carbocycles. The van der Waals surface area contributed by atoms with Gasteiger partial charge in [0.1, 0.15) is 11.6 Å². The number of carboxylic acid groups (broad SMARTS) is 1. The molecule has 0 aliphatic heterocycles. The second kappa shape index (κ2) is 5.48. The maximum atomic E-state index is 13.1. The van der Waals surface area contributed by atoms with Gasteiger partial charge in [-0.05, 0) is 23.8 Å². The van der Waals surface area contributed by atoms with Crippen molar-refractivity contribution in [3.63, 3.8) is 0 Å². The Bertz CT molecular complexity index is 594. The minimum absolute atomic E-state index is 0.166. The number of nitrogens with one attached hydrogen (secondary N) is 1. The molecule has 2 aromatic carbocycles. The van der Waals surface area contributed by atoms with Crippen molar-refractivity contribution in [2.75, 3.05) is 5.32 Å². The summed E-state index contributed by atoms with van der Waals surface area (Å²) in [5.74, 6) is -2.36. The summed E-state index contributed by atoms with van der Waals surface area (Å²) in [6.45, 7) is 0. The first-order valence-corrected chi connectivity index (χ1v) is 5.57. The normalized spacial score (nSPS) is 10.2. The number of aliphatic carboxylic acids is 1. The Kier molecular flexibility index (Phi) is 3.75. The molecule has 2 aromatic rings. The van der Waals surface area contributed by atoms with Crippen molar-refractivity contribution < 1.29 is 18.7 Å². The van der Waals surface area contributed by atoms with Crippen molar-refractivity contribution in [3.8, 4) is 0 Å². The maximum Gasteiger partial charge on any atom is 0.307 e. The summed E-state index contributed by atoms with van der Waals surface area (Å²) in [4.78, 5) is 10.7. The van der Waals surface area contributed by atoms with Gasteiger partial charge in [-0.25, -0.2) is 8.78 Å². The summed E-state index contributed by atoms with van der Waals surface area (Å²) in [5.41, 5.74) is 1.28. The number of carbonyl (C=O) groups is 1. The van der Waals surface area contributed by atoms with E-state index in [0.717, 1.165) is 18.2 Å². The average Bonchev–Trinajstić information content (AvgIpc) is 2.29. The number of carboxylic acids is 1. The van der Waals surface area contributed by atoms with Crippen molar-refractivity contribution in [1.29, 1.82) is 0 Å². The summed E-state index contributed by atoms with van der Waals surface area (Å²) in [5, 5.41) is 11.6. The molecule has 3 nitrogen and oxygen atoms in total. The van der Waals surface area contributed by atoms with Gasteiger partial charge in [-0.2, -0.15) is 0 Å². The lowest BCUT2D eigenvalue weighted by Crippen LogP contribution is -2.03. The van der Waals surface area contributed by atoms with E-state index in [2.05, 4.69) is 5.32 Å². The van der Waals surface area contributed by atoms with E-state index in [1.807, 2.05) is 0 Å². The molecule has 0 radical (unpaired) electrons. The first-order valence-electron chi connectivity index (χ1n) is 5.57. The van der Waals surface area contributed by atoms with Crippen LogP contribution in [0.3, 0.4) is 0 Å². The molecule has 2 rings (SSSR count). The number of para-hydroxylation sites is 1. The van der Waals surface area contributed by atoms with Crippen LogP contribution in [0.2, 0.25) is 0 Å². The van der Waals surface area contributed by atoms with Gasteiger partial charge in [0, 0.05) is 17.4 Å². The van der Waals surface area contributed by atoms with Crippen LogP contribution in [0.25, 0.3) is 0 Å². The first-order chi connectivity index (χ1) is 9.04. The van der Waals surface area contributed by atoms with Crippen LogP contribution in [-0.4, -0.2) is 11.1 Å². The predicted octanol–water partition coefficient (Wildman–Crippen LogP) is 3.34. The van der Waals surface area contributed by atoms with Crippen molar-refractivity contribution in [2.45, 2.75) is 6.42 Å². The molecule has 2 N–H and O–H groups in total. The monoisotopic (exact) mass is 263 g/mol. The van der Waals surface area contributed by atoms with E-state index in [1.54, 1.807) is 24.3 Å². The average molecular weight is 263 g/mol. The van der Waals surface area contributed by atoms with E-state index in [9.17, 15) is 13.6 Å². The van der Waals surface area contributed by atoms with Crippen molar-refractivity contribution in [1.82, 2.24) is 0 Å². The molecule has 0 unspecified atom stereocenters. The maximum absolute atomic E-state index is 13.1. The minimum atomic E-state index is -0.973. The summed E-state index contributed by atoms with van der Waals surface area (Å²) in [7, 11) is 0. The third-order valence-corrected chi connectivity index (χ3v) is 2.50. The predicted molar refractivity (Wildman–Crippen MR) is 67.4 cm³/mol. The van der Waals surface area contributed by atoms with Crippen LogP contribution in [-0.2, 0) is 11.2 Å². The molecule has 0 aliphatic rings. The molecule has 0 atom stereocenters. The Labute approximate surface area is 108 Å². The second-order valence-electron chi connectivity index (χ2n) is 4.01. The van der Waals surface area contributed by atoms with E-state index >= 15 is 0 Å². The Hall–Kier alpha value is -2.43. The lowest BCUT2D eigenvalue weighted by atomic mass is 10.1. The van der Waals surface area contributed by atoms with Crippen LogP contribution in [0.15, 0.2) is 42.5 Å². The molecule has 98 valence electrons. The fraction of sp³-hybridized carbons (Fsp3) is 0.0714. The Morgan fingerprint density at radius 3 is 2.37 bits per heavy atom. The number of hydrogen-bond donors (Lipinski definition) is 2. The molecule has 0 spiro atoms. The zero-order chi connectivity index (χ0) is 13.8. The lowest BCUT2D eigenvalue weighted by Gasteiger charge is -2.11. The van der Waals surface area contributed by atoms with Gasteiger partial charge in [0.05, 0.1) is 6.42 Å². The molecule has 0 fully saturated rings. The van der Waals surface area contributed by atoms with Gasteiger partial charge >= 0.3 is 5.97 Å². The minimum Gasteiger partial charge on any atom is -0.481 e. The van der Waals surface area contributed by atoms with Crippen LogP contribution in [0.1, 0.15) is 5.56 Å². The number of benzene rings is 2. The van der Waals surface area contributed by atoms with Crippen molar-refractivity contribution >= 4 is 17.3 Å². The molecule has 0 bridgehead atoms. The molecule has 19 heavy (non-hydrogen) atoms. The van der Waals surface area contributed by atoms with Gasteiger partial charge in [-0.3, -0.25) is 4.79 Å². The molecule has 0 amide bonds. The first kappa shape index (κ1) is 13.0. The van der Waals surface area contributed by atoms with E-state index < -0.39 is 17.6 Å². The standard InChI is InChI=1S/C14H11F2NO2/c15-10-6-11(16)8-12(7-10)17-13-4-2-1-3-9(13)5-14(18)19/h1-4,6-8,17H,5H2,(H,18,19). The number of hydrogen-bond acceptors (Lipinski definition) is 2. The number of anilines is 2. The third kappa shape index (κ3) is 3.51. The summed E-state index contributed by atoms with van der Waals surface area (Å²) < 4.78 is 26.1. The topological polar surface area (TPSA) is 49.3 Å². The van der Waals surface area contributed by atoms with Crippen molar-refractivity contribution in [2.24, 2.45) is 0 Å². The zero-order valence-electron chi connectivity index (χ0n) is 9.86. The fourth-order valence-corrected chi connectivity index (χ4v) is 1.74. The van der Waals surface area contributed by atoms with Crippen LogP contribution >= 0.6 is 0 Å². The van der Waals surface area contributed by atoms with Gasteiger partial charge in [0.15, 0.2) is 0 Å². The molecule has 0 aromatic heterocycles. The zero-order valence-corrected chi connectivity index (χ0v) is 9.86. The molecule has 0 saturated heterocycles. The summed E-state index contributed by atoms with van der Waals surface area (Å²) >= 11 is 0. The smallest absolute Gasteiger partial charge is 0.307 e. The molecule has 0 saturated carbocycles. The molecular weight excluding hydrogens is 252 g/mol. The summed E-state index contributed by atoms with van der Waals surface area (Å²) in [6, 6.07) is 9.77. The largest absolute Gasteiger partial charge is 0.481 e. The molecule has 5 heteroatoms. The highest BCUT2D eigenvalue weighted by Crippen LogP contribution is 2.22. The summed E-state index contributed by atoms with van der Waals surface area (Å²) in [6.07, 6.45) is -0.166. The Morgan fingerprint density at radius 2 is 1.74 bits per heavy atom. The highest BCUT2D eigenvalue weighted by atomic mass is 19.1.